The van der Waals surface area contributed by atoms with Crippen LogP contribution in [0.1, 0.15) is 21.3 Å². The lowest BCUT2D eigenvalue weighted by atomic mass is 10.1. The molecule has 2 heterocycles. The fraction of sp³-hybridized carbons (Fsp3) is 0.263. The number of rotatable bonds is 4. The van der Waals surface area contributed by atoms with Gasteiger partial charge >= 0.3 is 0 Å². The van der Waals surface area contributed by atoms with E-state index in [2.05, 4.69) is 5.32 Å². The van der Waals surface area contributed by atoms with Crippen molar-refractivity contribution in [2.45, 2.75) is 11.4 Å². The molecule has 140 valence electrons. The normalized spacial score (nSPS) is 20.3. The summed E-state index contributed by atoms with van der Waals surface area (Å²) in [5.41, 5.74) is 1.74. The van der Waals surface area contributed by atoms with Gasteiger partial charge in [-0.2, -0.15) is 0 Å². The summed E-state index contributed by atoms with van der Waals surface area (Å²) in [5.74, 6) is 0.405. The lowest BCUT2D eigenvalue weighted by Gasteiger charge is -2.22. The van der Waals surface area contributed by atoms with Crippen molar-refractivity contribution in [2.24, 2.45) is 0 Å². The summed E-state index contributed by atoms with van der Waals surface area (Å²) in [5, 5.41) is 2.51. The maximum absolute atomic E-state index is 13.1. The monoisotopic (exact) mass is 388 g/mol. The summed E-state index contributed by atoms with van der Waals surface area (Å²) >= 11 is 1.53. The number of anilines is 1. The first-order chi connectivity index (χ1) is 13.0. The first-order valence-electron chi connectivity index (χ1n) is 8.30. The lowest BCUT2D eigenvalue weighted by Crippen LogP contribution is -2.42. The van der Waals surface area contributed by atoms with E-state index in [9.17, 15) is 14.0 Å². The standard InChI is InChI=1S/C19H17FN2O4S/c1-25-14-8-7-12-15(16(14)26-2)18(24)22-13(9-27-19(12)22)17(23)21-11-5-3-10(20)4-6-11/h3-8,13,19H,9H2,1-2H3,(H,21,23)/t13-,19?/m0/s1. The van der Waals surface area contributed by atoms with Gasteiger partial charge in [0.05, 0.1) is 19.8 Å². The Balaban J connectivity index is 1.62. The van der Waals surface area contributed by atoms with E-state index in [0.29, 0.717) is 28.5 Å². The molecular weight excluding hydrogens is 371 g/mol. The molecule has 4 rings (SSSR count). The van der Waals surface area contributed by atoms with Crippen molar-refractivity contribution in [3.05, 3.63) is 53.3 Å². The average Bonchev–Trinajstić information content (AvgIpc) is 3.23. The Hall–Kier alpha value is -2.74. The first-order valence-corrected chi connectivity index (χ1v) is 9.35. The van der Waals surface area contributed by atoms with Crippen molar-refractivity contribution in [2.75, 3.05) is 25.3 Å². The largest absolute Gasteiger partial charge is 0.493 e. The van der Waals surface area contributed by atoms with Crippen LogP contribution in [0.5, 0.6) is 11.5 Å². The zero-order chi connectivity index (χ0) is 19.1. The number of carbonyl (C=O) groups is 2. The highest BCUT2D eigenvalue weighted by Gasteiger charge is 2.50. The van der Waals surface area contributed by atoms with E-state index >= 15 is 0 Å². The summed E-state index contributed by atoms with van der Waals surface area (Å²) in [6.45, 7) is 0. The smallest absolute Gasteiger partial charge is 0.260 e. The molecule has 0 bridgehead atoms. The van der Waals surface area contributed by atoms with Gasteiger partial charge in [-0.15, -0.1) is 11.8 Å². The number of nitrogens with one attached hydrogen (secondary N) is 1. The highest BCUT2D eigenvalue weighted by Crippen LogP contribution is 2.52. The number of hydrogen-bond donors (Lipinski definition) is 1. The number of amides is 2. The number of hydrogen-bond acceptors (Lipinski definition) is 5. The molecule has 2 atom stereocenters. The summed E-state index contributed by atoms with van der Waals surface area (Å²) in [4.78, 5) is 27.4. The maximum Gasteiger partial charge on any atom is 0.260 e. The number of fused-ring (bicyclic) bond motifs is 3. The average molecular weight is 388 g/mol. The molecule has 0 aliphatic carbocycles. The topological polar surface area (TPSA) is 67.9 Å². The van der Waals surface area contributed by atoms with Gasteiger partial charge in [0.2, 0.25) is 5.91 Å². The van der Waals surface area contributed by atoms with Crippen LogP contribution in [-0.2, 0) is 4.79 Å². The van der Waals surface area contributed by atoms with E-state index in [0.717, 1.165) is 5.56 Å². The second-order valence-corrected chi connectivity index (χ2v) is 7.29. The van der Waals surface area contributed by atoms with E-state index in [1.54, 1.807) is 11.0 Å². The Labute approximate surface area is 159 Å². The lowest BCUT2D eigenvalue weighted by molar-refractivity contribution is -0.119. The van der Waals surface area contributed by atoms with Crippen LogP contribution in [0.3, 0.4) is 0 Å². The Kier molecular flexibility index (Phi) is 4.43. The van der Waals surface area contributed by atoms with E-state index in [1.165, 1.54) is 50.2 Å². The van der Waals surface area contributed by atoms with Gasteiger partial charge in [0.15, 0.2) is 11.5 Å². The van der Waals surface area contributed by atoms with E-state index < -0.39 is 6.04 Å². The molecule has 1 unspecified atom stereocenters. The molecule has 2 aliphatic rings. The summed E-state index contributed by atoms with van der Waals surface area (Å²) < 4.78 is 23.7. The van der Waals surface area contributed by atoms with Gasteiger partial charge in [-0.3, -0.25) is 9.59 Å². The van der Waals surface area contributed by atoms with Gasteiger partial charge < -0.3 is 19.7 Å². The van der Waals surface area contributed by atoms with Crippen molar-refractivity contribution in [3.8, 4) is 11.5 Å². The molecular formula is C19H17FN2O4S. The van der Waals surface area contributed by atoms with Crippen molar-refractivity contribution in [3.63, 3.8) is 0 Å². The van der Waals surface area contributed by atoms with E-state index in [4.69, 9.17) is 9.47 Å². The van der Waals surface area contributed by atoms with Gasteiger partial charge in [0, 0.05) is 17.0 Å². The van der Waals surface area contributed by atoms with Crippen molar-refractivity contribution < 1.29 is 23.5 Å². The zero-order valence-corrected chi connectivity index (χ0v) is 15.5. The third-order valence-electron chi connectivity index (χ3n) is 4.71. The van der Waals surface area contributed by atoms with Gasteiger partial charge in [0.1, 0.15) is 17.2 Å². The number of thioether (sulfide) groups is 1. The SMILES string of the molecule is COc1ccc2c(c1OC)C(=O)N1C2SC[C@H]1C(=O)Nc1ccc(F)cc1. The third-order valence-corrected chi connectivity index (χ3v) is 6.01. The number of benzene rings is 2. The Morgan fingerprint density at radius 1 is 1.19 bits per heavy atom. The molecule has 0 aromatic heterocycles. The molecule has 0 spiro atoms. The minimum atomic E-state index is -0.624. The van der Waals surface area contributed by atoms with Gasteiger partial charge in [-0.1, -0.05) is 6.07 Å². The molecule has 1 saturated heterocycles. The Morgan fingerprint density at radius 3 is 2.59 bits per heavy atom. The fourth-order valence-corrected chi connectivity index (χ4v) is 4.91. The molecule has 2 aromatic rings. The van der Waals surface area contributed by atoms with Crippen LogP contribution in [0.25, 0.3) is 0 Å². The van der Waals surface area contributed by atoms with Crippen LogP contribution in [0.15, 0.2) is 36.4 Å². The second kappa shape index (κ2) is 6.77. The van der Waals surface area contributed by atoms with Crippen LogP contribution in [0.2, 0.25) is 0 Å². The minimum absolute atomic E-state index is 0.240. The van der Waals surface area contributed by atoms with Crippen LogP contribution in [-0.4, -0.2) is 42.7 Å². The molecule has 2 aromatic carbocycles. The van der Waals surface area contributed by atoms with Gasteiger partial charge in [0.25, 0.3) is 5.91 Å². The summed E-state index contributed by atoms with van der Waals surface area (Å²) in [6, 6.07) is 8.50. The predicted molar refractivity (Wildman–Crippen MR) is 99.7 cm³/mol. The molecule has 27 heavy (non-hydrogen) atoms. The second-order valence-electron chi connectivity index (χ2n) is 6.18. The Bertz CT molecular complexity index is 919. The number of carbonyl (C=O) groups excluding carboxylic acids is 2. The van der Waals surface area contributed by atoms with Crippen molar-refractivity contribution >= 4 is 29.3 Å². The van der Waals surface area contributed by atoms with Crippen LogP contribution < -0.4 is 14.8 Å². The molecule has 0 saturated carbocycles. The highest BCUT2D eigenvalue weighted by molar-refractivity contribution is 7.99. The maximum atomic E-state index is 13.1. The van der Waals surface area contributed by atoms with Gasteiger partial charge in [-0.05, 0) is 30.3 Å². The number of methoxy groups -OCH3 is 2. The van der Waals surface area contributed by atoms with Crippen LogP contribution >= 0.6 is 11.8 Å². The first kappa shape index (κ1) is 17.7. The number of nitrogens with zero attached hydrogens (tertiary/aromatic N) is 1. The number of halogens is 1. The van der Waals surface area contributed by atoms with Gasteiger partial charge in [-0.25, -0.2) is 4.39 Å². The third kappa shape index (κ3) is 2.80. The molecule has 0 radical (unpaired) electrons. The van der Waals surface area contributed by atoms with E-state index in [-0.39, 0.29) is 23.0 Å². The highest BCUT2D eigenvalue weighted by atomic mass is 32.2. The molecule has 2 amide bonds. The van der Waals surface area contributed by atoms with Crippen molar-refractivity contribution in [1.82, 2.24) is 4.90 Å². The van der Waals surface area contributed by atoms with Crippen LogP contribution in [0, 0.1) is 5.82 Å². The molecule has 1 N–H and O–H groups in total. The molecule has 1 fully saturated rings. The summed E-state index contributed by atoms with van der Waals surface area (Å²) in [7, 11) is 3.00. The predicted octanol–water partition coefficient (Wildman–Crippen LogP) is 3.05. The zero-order valence-electron chi connectivity index (χ0n) is 14.7. The minimum Gasteiger partial charge on any atom is -0.493 e. The number of ether oxygens (including phenoxy) is 2. The fourth-order valence-electron chi connectivity index (χ4n) is 3.45. The molecule has 2 aliphatic heterocycles. The quantitative estimate of drug-likeness (QED) is 0.872. The van der Waals surface area contributed by atoms with Crippen molar-refractivity contribution in [1.29, 1.82) is 0 Å². The van der Waals surface area contributed by atoms with E-state index in [1.807, 2.05) is 6.07 Å². The molecule has 8 heteroatoms. The van der Waals surface area contributed by atoms with Crippen LogP contribution in [0.4, 0.5) is 10.1 Å². The molecule has 6 nitrogen and oxygen atoms in total. The Morgan fingerprint density at radius 2 is 1.93 bits per heavy atom. The summed E-state index contributed by atoms with van der Waals surface area (Å²) in [6.07, 6.45) is 0.